The zero-order valence-corrected chi connectivity index (χ0v) is 10.6. The van der Waals surface area contributed by atoms with E-state index in [1.54, 1.807) is 0 Å². The summed E-state index contributed by atoms with van der Waals surface area (Å²) in [5.41, 5.74) is 0. The molecule has 0 aliphatic carbocycles. The van der Waals surface area contributed by atoms with Crippen LogP contribution in [0.15, 0.2) is 0 Å². The largest absolute Gasteiger partial charge is 0.379 e. The van der Waals surface area contributed by atoms with Crippen molar-refractivity contribution in [1.29, 1.82) is 0 Å². The first kappa shape index (κ1) is 14.9. The lowest BCUT2D eigenvalue weighted by Gasteiger charge is -2.09. The summed E-state index contributed by atoms with van der Waals surface area (Å²) >= 11 is 0. The SMILES string of the molecule is CCCOCCOCCCCC(C)NC. The molecule has 1 unspecified atom stereocenters. The Hall–Kier alpha value is -0.120. The summed E-state index contributed by atoms with van der Waals surface area (Å²) in [5.74, 6) is 0. The summed E-state index contributed by atoms with van der Waals surface area (Å²) in [5, 5.41) is 3.23. The monoisotopic (exact) mass is 217 g/mol. The second-order valence-electron chi connectivity index (χ2n) is 3.91. The molecule has 3 nitrogen and oxygen atoms in total. The molecule has 0 heterocycles. The second kappa shape index (κ2) is 12.0. The maximum atomic E-state index is 5.45. The molecular formula is C12H27NO2. The van der Waals surface area contributed by atoms with Crippen molar-refractivity contribution >= 4 is 0 Å². The van der Waals surface area contributed by atoms with Crippen molar-refractivity contribution in [2.75, 3.05) is 33.5 Å². The summed E-state index contributed by atoms with van der Waals surface area (Å²) in [7, 11) is 2.01. The van der Waals surface area contributed by atoms with Gasteiger partial charge in [0.15, 0.2) is 0 Å². The van der Waals surface area contributed by atoms with E-state index in [2.05, 4.69) is 19.2 Å². The number of unbranched alkanes of at least 4 members (excludes halogenated alkanes) is 1. The van der Waals surface area contributed by atoms with Gasteiger partial charge in [0.2, 0.25) is 0 Å². The molecule has 92 valence electrons. The summed E-state index contributed by atoms with van der Waals surface area (Å²) < 4.78 is 10.8. The fourth-order valence-electron chi connectivity index (χ4n) is 1.27. The van der Waals surface area contributed by atoms with Crippen LogP contribution in [0.5, 0.6) is 0 Å². The number of hydrogen-bond donors (Lipinski definition) is 1. The highest BCUT2D eigenvalue weighted by Crippen LogP contribution is 1.99. The minimum absolute atomic E-state index is 0.623. The third-order valence-corrected chi connectivity index (χ3v) is 2.39. The van der Waals surface area contributed by atoms with E-state index in [0.29, 0.717) is 6.04 Å². The third kappa shape index (κ3) is 11.8. The molecule has 0 amide bonds. The van der Waals surface area contributed by atoms with E-state index in [0.717, 1.165) is 39.3 Å². The second-order valence-corrected chi connectivity index (χ2v) is 3.91. The van der Waals surface area contributed by atoms with Crippen LogP contribution in [0.25, 0.3) is 0 Å². The van der Waals surface area contributed by atoms with Crippen LogP contribution >= 0.6 is 0 Å². The lowest BCUT2D eigenvalue weighted by atomic mass is 10.1. The Balaban J connectivity index is 2.92. The van der Waals surface area contributed by atoms with Gasteiger partial charge in [-0.05, 0) is 39.7 Å². The summed E-state index contributed by atoms with van der Waals surface area (Å²) in [4.78, 5) is 0. The molecule has 0 aromatic heterocycles. The Kier molecular flexibility index (Phi) is 11.9. The van der Waals surface area contributed by atoms with Gasteiger partial charge >= 0.3 is 0 Å². The smallest absolute Gasteiger partial charge is 0.0700 e. The van der Waals surface area contributed by atoms with Crippen molar-refractivity contribution in [2.45, 2.75) is 45.6 Å². The molecule has 0 aliphatic rings. The molecule has 3 heteroatoms. The first-order chi connectivity index (χ1) is 7.31. The van der Waals surface area contributed by atoms with Crippen LogP contribution in [0.2, 0.25) is 0 Å². The van der Waals surface area contributed by atoms with Gasteiger partial charge in [-0.1, -0.05) is 6.92 Å². The van der Waals surface area contributed by atoms with Gasteiger partial charge in [0.1, 0.15) is 0 Å². The quantitative estimate of drug-likeness (QED) is 0.538. The minimum atomic E-state index is 0.623. The van der Waals surface area contributed by atoms with Gasteiger partial charge in [-0.3, -0.25) is 0 Å². The summed E-state index contributed by atoms with van der Waals surface area (Å²) in [6.07, 6.45) is 4.70. The van der Waals surface area contributed by atoms with Crippen molar-refractivity contribution in [1.82, 2.24) is 5.32 Å². The van der Waals surface area contributed by atoms with E-state index in [4.69, 9.17) is 9.47 Å². The third-order valence-electron chi connectivity index (χ3n) is 2.39. The lowest BCUT2D eigenvalue weighted by Crippen LogP contribution is -2.20. The molecule has 0 aromatic rings. The Labute approximate surface area is 94.5 Å². The molecule has 0 radical (unpaired) electrons. The summed E-state index contributed by atoms with van der Waals surface area (Å²) in [6, 6.07) is 0.623. The van der Waals surface area contributed by atoms with Crippen molar-refractivity contribution < 1.29 is 9.47 Å². The zero-order chi connectivity index (χ0) is 11.4. The Morgan fingerprint density at radius 1 is 1.00 bits per heavy atom. The van der Waals surface area contributed by atoms with Crippen LogP contribution in [0.4, 0.5) is 0 Å². The molecule has 0 saturated carbocycles. The van der Waals surface area contributed by atoms with Gasteiger partial charge < -0.3 is 14.8 Å². The molecule has 0 bridgehead atoms. The maximum Gasteiger partial charge on any atom is 0.0700 e. The molecule has 0 saturated heterocycles. The predicted molar refractivity (Wildman–Crippen MR) is 64.3 cm³/mol. The van der Waals surface area contributed by atoms with Crippen LogP contribution in [-0.2, 0) is 9.47 Å². The van der Waals surface area contributed by atoms with Gasteiger partial charge in [-0.15, -0.1) is 0 Å². The van der Waals surface area contributed by atoms with E-state index in [1.165, 1.54) is 12.8 Å². The number of ether oxygens (including phenoxy) is 2. The molecule has 15 heavy (non-hydrogen) atoms. The van der Waals surface area contributed by atoms with Crippen LogP contribution in [0.3, 0.4) is 0 Å². The fourth-order valence-corrected chi connectivity index (χ4v) is 1.27. The van der Waals surface area contributed by atoms with Gasteiger partial charge in [0.25, 0.3) is 0 Å². The predicted octanol–water partition coefficient (Wildman–Crippen LogP) is 2.21. The van der Waals surface area contributed by atoms with E-state index >= 15 is 0 Å². The van der Waals surface area contributed by atoms with E-state index in [-0.39, 0.29) is 0 Å². The van der Waals surface area contributed by atoms with E-state index in [9.17, 15) is 0 Å². The van der Waals surface area contributed by atoms with Crippen molar-refractivity contribution in [3.8, 4) is 0 Å². The first-order valence-electron chi connectivity index (χ1n) is 6.14. The van der Waals surface area contributed by atoms with Gasteiger partial charge in [-0.2, -0.15) is 0 Å². The molecule has 1 atom stereocenters. The summed E-state index contributed by atoms with van der Waals surface area (Å²) in [6.45, 7) is 7.51. The Morgan fingerprint density at radius 3 is 2.27 bits per heavy atom. The zero-order valence-electron chi connectivity index (χ0n) is 10.6. The average molecular weight is 217 g/mol. The van der Waals surface area contributed by atoms with E-state index < -0.39 is 0 Å². The standard InChI is InChI=1S/C12H27NO2/c1-4-8-14-10-11-15-9-6-5-7-12(2)13-3/h12-13H,4-11H2,1-3H3. The van der Waals surface area contributed by atoms with Crippen molar-refractivity contribution in [2.24, 2.45) is 0 Å². The number of rotatable bonds is 11. The highest BCUT2D eigenvalue weighted by Gasteiger charge is 1.97. The van der Waals surface area contributed by atoms with E-state index in [1.807, 2.05) is 7.05 Å². The average Bonchev–Trinajstić information content (AvgIpc) is 2.26. The Morgan fingerprint density at radius 2 is 1.67 bits per heavy atom. The van der Waals surface area contributed by atoms with Crippen molar-refractivity contribution in [3.63, 3.8) is 0 Å². The highest BCUT2D eigenvalue weighted by atomic mass is 16.5. The highest BCUT2D eigenvalue weighted by molar-refractivity contribution is 4.56. The minimum Gasteiger partial charge on any atom is -0.379 e. The van der Waals surface area contributed by atoms with Crippen LogP contribution in [-0.4, -0.2) is 39.5 Å². The normalized spacial score (nSPS) is 13.0. The molecular weight excluding hydrogens is 190 g/mol. The van der Waals surface area contributed by atoms with Crippen molar-refractivity contribution in [3.05, 3.63) is 0 Å². The fraction of sp³-hybridized carbons (Fsp3) is 1.00. The van der Waals surface area contributed by atoms with Crippen LogP contribution in [0.1, 0.15) is 39.5 Å². The van der Waals surface area contributed by atoms with Crippen LogP contribution < -0.4 is 5.32 Å². The molecule has 0 rings (SSSR count). The number of hydrogen-bond acceptors (Lipinski definition) is 3. The molecule has 1 N–H and O–H groups in total. The van der Waals surface area contributed by atoms with Gasteiger partial charge in [0.05, 0.1) is 13.2 Å². The number of nitrogens with one attached hydrogen (secondary N) is 1. The van der Waals surface area contributed by atoms with Crippen LogP contribution in [0, 0.1) is 0 Å². The van der Waals surface area contributed by atoms with Gasteiger partial charge in [-0.25, -0.2) is 0 Å². The lowest BCUT2D eigenvalue weighted by molar-refractivity contribution is 0.0464. The van der Waals surface area contributed by atoms with Gasteiger partial charge in [0, 0.05) is 19.3 Å². The Bertz CT molecular complexity index is 120. The molecule has 0 aliphatic heterocycles. The molecule has 0 aromatic carbocycles. The topological polar surface area (TPSA) is 30.5 Å². The maximum absolute atomic E-state index is 5.45. The first-order valence-corrected chi connectivity index (χ1v) is 6.14. The molecule has 0 spiro atoms. The molecule has 0 fully saturated rings.